The first-order chi connectivity index (χ1) is 10.7. The number of hydrogen-bond donors (Lipinski definition) is 1. The van der Waals surface area contributed by atoms with Crippen LogP contribution in [0.1, 0.15) is 32.1 Å². The molecule has 2 amide bonds. The summed E-state index contributed by atoms with van der Waals surface area (Å²) < 4.78 is 0.921. The van der Waals surface area contributed by atoms with Gasteiger partial charge in [-0.15, -0.1) is 0 Å². The van der Waals surface area contributed by atoms with E-state index in [0.717, 1.165) is 42.4 Å². The van der Waals surface area contributed by atoms with Gasteiger partial charge in [-0.2, -0.15) is 0 Å². The normalized spacial score (nSPS) is 20.9. The summed E-state index contributed by atoms with van der Waals surface area (Å²) >= 11 is 3.47. The summed E-state index contributed by atoms with van der Waals surface area (Å²) in [5, 5.41) is 3.00. The average Bonchev–Trinajstić information content (AvgIpc) is 2.58. The van der Waals surface area contributed by atoms with Gasteiger partial charge in [-0.05, 0) is 40.9 Å². The molecular formula is C17H24BrN3O. The monoisotopic (exact) mass is 365 g/mol. The van der Waals surface area contributed by atoms with Crippen LogP contribution in [-0.4, -0.2) is 48.1 Å². The van der Waals surface area contributed by atoms with Crippen LogP contribution in [0.3, 0.4) is 0 Å². The standard InChI is InChI=1S/C17H24BrN3O/c18-15-8-4-5-9-16(15)19-17(22)21-12-10-20(11-13-21)14-6-2-1-3-7-14/h4-5,8-9,14H,1-3,6-7,10-13H2,(H,19,22). The minimum atomic E-state index is 0.00944. The number of nitrogens with one attached hydrogen (secondary N) is 1. The molecule has 1 N–H and O–H groups in total. The third-order valence-electron chi connectivity index (χ3n) is 4.81. The Balaban J connectivity index is 1.50. The van der Waals surface area contributed by atoms with E-state index in [-0.39, 0.29) is 6.03 Å². The van der Waals surface area contributed by atoms with E-state index in [1.807, 2.05) is 29.2 Å². The van der Waals surface area contributed by atoms with Gasteiger partial charge in [-0.3, -0.25) is 4.90 Å². The largest absolute Gasteiger partial charge is 0.322 e. The van der Waals surface area contributed by atoms with Gasteiger partial charge in [0.1, 0.15) is 0 Å². The van der Waals surface area contributed by atoms with Gasteiger partial charge in [-0.25, -0.2) is 4.79 Å². The molecule has 22 heavy (non-hydrogen) atoms. The van der Waals surface area contributed by atoms with Crippen molar-refractivity contribution in [2.45, 2.75) is 38.1 Å². The van der Waals surface area contributed by atoms with Gasteiger partial charge in [0.25, 0.3) is 0 Å². The van der Waals surface area contributed by atoms with E-state index < -0.39 is 0 Å². The van der Waals surface area contributed by atoms with E-state index in [9.17, 15) is 4.79 Å². The summed E-state index contributed by atoms with van der Waals surface area (Å²) in [5.74, 6) is 0. The molecule has 0 spiro atoms. The van der Waals surface area contributed by atoms with Crippen LogP contribution < -0.4 is 5.32 Å². The van der Waals surface area contributed by atoms with Crippen molar-refractivity contribution < 1.29 is 4.79 Å². The number of piperazine rings is 1. The Kier molecular flexibility index (Phi) is 5.37. The van der Waals surface area contributed by atoms with Crippen LogP contribution in [0.25, 0.3) is 0 Å². The fourth-order valence-corrected chi connectivity index (χ4v) is 3.88. The Hall–Kier alpha value is -1.07. The van der Waals surface area contributed by atoms with Crippen LogP contribution in [0.2, 0.25) is 0 Å². The van der Waals surface area contributed by atoms with Crippen LogP contribution in [0.4, 0.5) is 10.5 Å². The van der Waals surface area contributed by atoms with Crippen molar-refractivity contribution >= 4 is 27.6 Å². The lowest BCUT2D eigenvalue weighted by atomic mass is 9.94. The highest BCUT2D eigenvalue weighted by Crippen LogP contribution is 2.24. The molecular weight excluding hydrogens is 342 g/mol. The van der Waals surface area contributed by atoms with E-state index in [2.05, 4.69) is 26.1 Å². The number of nitrogens with zero attached hydrogens (tertiary/aromatic N) is 2. The van der Waals surface area contributed by atoms with Gasteiger partial charge in [0, 0.05) is 36.7 Å². The van der Waals surface area contributed by atoms with Crippen molar-refractivity contribution in [2.75, 3.05) is 31.5 Å². The molecule has 2 aliphatic rings. The second kappa shape index (κ2) is 7.47. The smallest absolute Gasteiger partial charge is 0.321 e. The molecule has 0 radical (unpaired) electrons. The number of benzene rings is 1. The van der Waals surface area contributed by atoms with Crippen molar-refractivity contribution in [2.24, 2.45) is 0 Å². The Labute approximate surface area is 141 Å². The van der Waals surface area contributed by atoms with Crippen LogP contribution in [0.5, 0.6) is 0 Å². The summed E-state index contributed by atoms with van der Waals surface area (Å²) in [6.07, 6.45) is 6.80. The quantitative estimate of drug-likeness (QED) is 0.861. The van der Waals surface area contributed by atoms with Crippen LogP contribution in [-0.2, 0) is 0 Å². The molecule has 0 bridgehead atoms. The molecule has 1 aliphatic carbocycles. The number of carbonyl (C=O) groups excluding carboxylic acids is 1. The molecule has 5 heteroatoms. The SMILES string of the molecule is O=C(Nc1ccccc1Br)N1CCN(C2CCCCC2)CC1. The molecule has 0 unspecified atom stereocenters. The first kappa shape index (κ1) is 15.8. The zero-order valence-electron chi connectivity index (χ0n) is 12.9. The van der Waals surface area contributed by atoms with Crippen LogP contribution in [0, 0.1) is 0 Å². The Bertz CT molecular complexity index is 508. The molecule has 0 aromatic heterocycles. The molecule has 1 saturated carbocycles. The van der Waals surface area contributed by atoms with Gasteiger partial charge >= 0.3 is 6.03 Å². The van der Waals surface area contributed by atoms with Gasteiger partial charge in [-0.1, -0.05) is 31.4 Å². The maximum absolute atomic E-state index is 12.4. The van der Waals surface area contributed by atoms with Crippen molar-refractivity contribution in [3.63, 3.8) is 0 Å². The lowest BCUT2D eigenvalue weighted by molar-refractivity contribution is 0.0943. The fourth-order valence-electron chi connectivity index (χ4n) is 3.49. The third kappa shape index (κ3) is 3.82. The van der Waals surface area contributed by atoms with Gasteiger partial charge < -0.3 is 10.2 Å². The summed E-state index contributed by atoms with van der Waals surface area (Å²) in [4.78, 5) is 16.9. The Morgan fingerprint density at radius 1 is 1.05 bits per heavy atom. The molecule has 4 nitrogen and oxygen atoms in total. The van der Waals surface area contributed by atoms with Crippen LogP contribution >= 0.6 is 15.9 Å². The molecule has 3 rings (SSSR count). The molecule has 0 atom stereocenters. The minimum Gasteiger partial charge on any atom is -0.322 e. The third-order valence-corrected chi connectivity index (χ3v) is 5.50. The topological polar surface area (TPSA) is 35.6 Å². The summed E-state index contributed by atoms with van der Waals surface area (Å²) in [6, 6.07) is 8.50. The van der Waals surface area contributed by atoms with Crippen LogP contribution in [0.15, 0.2) is 28.7 Å². The zero-order chi connectivity index (χ0) is 15.4. The number of para-hydroxylation sites is 1. The number of urea groups is 1. The highest BCUT2D eigenvalue weighted by atomic mass is 79.9. The lowest BCUT2D eigenvalue weighted by Gasteiger charge is -2.40. The van der Waals surface area contributed by atoms with Crippen molar-refractivity contribution in [3.05, 3.63) is 28.7 Å². The highest BCUT2D eigenvalue weighted by Gasteiger charge is 2.27. The molecule has 1 aromatic rings. The number of anilines is 1. The van der Waals surface area contributed by atoms with Crippen molar-refractivity contribution in [1.29, 1.82) is 0 Å². The van der Waals surface area contributed by atoms with E-state index in [0.29, 0.717) is 0 Å². The van der Waals surface area contributed by atoms with E-state index in [4.69, 9.17) is 0 Å². The number of amides is 2. The van der Waals surface area contributed by atoms with Crippen molar-refractivity contribution in [3.8, 4) is 0 Å². The first-order valence-electron chi connectivity index (χ1n) is 8.28. The average molecular weight is 366 g/mol. The Morgan fingerprint density at radius 2 is 1.73 bits per heavy atom. The van der Waals surface area contributed by atoms with Gasteiger partial charge in [0.2, 0.25) is 0 Å². The molecule has 120 valence electrons. The summed E-state index contributed by atoms with van der Waals surface area (Å²) in [5.41, 5.74) is 0.835. The fraction of sp³-hybridized carbons (Fsp3) is 0.588. The number of rotatable bonds is 2. The van der Waals surface area contributed by atoms with E-state index >= 15 is 0 Å². The number of carbonyl (C=O) groups is 1. The van der Waals surface area contributed by atoms with Gasteiger partial charge in [0.05, 0.1) is 5.69 Å². The molecule has 1 saturated heterocycles. The zero-order valence-corrected chi connectivity index (χ0v) is 14.5. The second-order valence-corrected chi connectivity index (χ2v) is 7.08. The van der Waals surface area contributed by atoms with Crippen molar-refractivity contribution in [1.82, 2.24) is 9.80 Å². The second-order valence-electron chi connectivity index (χ2n) is 6.22. The summed E-state index contributed by atoms with van der Waals surface area (Å²) in [6.45, 7) is 3.67. The number of halogens is 1. The van der Waals surface area contributed by atoms with Gasteiger partial charge in [0.15, 0.2) is 0 Å². The highest BCUT2D eigenvalue weighted by molar-refractivity contribution is 9.10. The predicted octanol–water partition coefficient (Wildman–Crippen LogP) is 3.93. The summed E-state index contributed by atoms with van der Waals surface area (Å²) in [7, 11) is 0. The molecule has 1 aromatic carbocycles. The Morgan fingerprint density at radius 3 is 2.41 bits per heavy atom. The number of hydrogen-bond acceptors (Lipinski definition) is 2. The van der Waals surface area contributed by atoms with E-state index in [1.165, 1.54) is 32.1 Å². The maximum Gasteiger partial charge on any atom is 0.321 e. The molecule has 2 fully saturated rings. The predicted molar refractivity (Wildman–Crippen MR) is 93.2 cm³/mol. The maximum atomic E-state index is 12.4. The minimum absolute atomic E-state index is 0.00944. The lowest BCUT2D eigenvalue weighted by Crippen LogP contribution is -2.53. The first-order valence-corrected chi connectivity index (χ1v) is 9.08. The molecule has 1 heterocycles. The van der Waals surface area contributed by atoms with E-state index in [1.54, 1.807) is 0 Å². The molecule has 1 aliphatic heterocycles.